The van der Waals surface area contributed by atoms with Crippen molar-refractivity contribution in [2.75, 3.05) is 13.2 Å². The molecule has 1 unspecified atom stereocenters. The maximum absolute atomic E-state index is 9.46. The van der Waals surface area contributed by atoms with Gasteiger partial charge in [-0.15, -0.1) is 0 Å². The minimum Gasteiger partial charge on any atom is -0.490 e. The van der Waals surface area contributed by atoms with Gasteiger partial charge < -0.3 is 14.6 Å². The van der Waals surface area contributed by atoms with Gasteiger partial charge in [0, 0.05) is 0 Å². The van der Waals surface area contributed by atoms with Crippen LogP contribution in [0, 0.1) is 0 Å². The van der Waals surface area contributed by atoms with Gasteiger partial charge in [-0.3, -0.25) is 0 Å². The highest BCUT2D eigenvalue weighted by molar-refractivity contribution is 6.32. The molecule has 0 spiro atoms. The molecule has 0 saturated carbocycles. The second kappa shape index (κ2) is 7.17. The number of aliphatic hydroxyl groups is 1. The van der Waals surface area contributed by atoms with Gasteiger partial charge in [0.15, 0.2) is 0 Å². The van der Waals surface area contributed by atoms with Crippen molar-refractivity contribution >= 4 is 11.6 Å². The van der Waals surface area contributed by atoms with Gasteiger partial charge >= 0.3 is 0 Å². The van der Waals surface area contributed by atoms with Crippen molar-refractivity contribution in [3.63, 3.8) is 0 Å². The maximum atomic E-state index is 9.46. The Kier molecular flexibility index (Phi) is 5.27. The lowest BCUT2D eigenvalue weighted by Gasteiger charge is -2.11. The Hall–Kier alpha value is -1.71. The number of hydrogen-bond acceptors (Lipinski definition) is 3. The summed E-state index contributed by atoms with van der Waals surface area (Å²) in [5, 5.41) is 9.95. The van der Waals surface area contributed by atoms with E-state index in [0.29, 0.717) is 24.0 Å². The number of halogens is 1. The molecule has 0 heterocycles. The number of ether oxygens (including phenoxy) is 2. The minimum atomic E-state index is -0.539. The summed E-state index contributed by atoms with van der Waals surface area (Å²) < 4.78 is 11.1. The van der Waals surface area contributed by atoms with Crippen molar-refractivity contribution in [2.24, 2.45) is 0 Å². The molecular formula is C16H17ClO3. The Bertz CT molecular complexity index is 541. The van der Waals surface area contributed by atoms with Crippen molar-refractivity contribution in [3.05, 3.63) is 59.1 Å². The Labute approximate surface area is 123 Å². The van der Waals surface area contributed by atoms with Crippen LogP contribution < -0.4 is 9.47 Å². The molecule has 1 atom stereocenters. The van der Waals surface area contributed by atoms with E-state index in [0.717, 1.165) is 11.3 Å². The first-order valence-electron chi connectivity index (χ1n) is 6.45. The largest absolute Gasteiger partial charge is 0.490 e. The highest BCUT2D eigenvalue weighted by Crippen LogP contribution is 2.27. The average molecular weight is 293 g/mol. The van der Waals surface area contributed by atoms with Crippen LogP contribution in [0.25, 0.3) is 0 Å². The van der Waals surface area contributed by atoms with Crippen molar-refractivity contribution in [1.82, 2.24) is 0 Å². The van der Waals surface area contributed by atoms with E-state index in [4.69, 9.17) is 21.1 Å². The molecule has 0 aliphatic heterocycles. The fourth-order valence-electron chi connectivity index (χ4n) is 1.72. The molecule has 0 aromatic heterocycles. The molecule has 1 N–H and O–H groups in total. The summed E-state index contributed by atoms with van der Waals surface area (Å²) in [7, 11) is 0. The molecule has 2 rings (SSSR count). The van der Waals surface area contributed by atoms with Crippen LogP contribution in [0.1, 0.15) is 18.6 Å². The molecule has 4 heteroatoms. The first kappa shape index (κ1) is 14.7. The van der Waals surface area contributed by atoms with Gasteiger partial charge in [-0.25, -0.2) is 0 Å². The topological polar surface area (TPSA) is 38.7 Å². The lowest BCUT2D eigenvalue weighted by atomic mass is 10.1. The third kappa shape index (κ3) is 4.15. The second-order valence-electron chi connectivity index (χ2n) is 4.38. The maximum Gasteiger partial charge on any atom is 0.138 e. The monoisotopic (exact) mass is 292 g/mol. The van der Waals surface area contributed by atoms with Crippen LogP contribution in [0.4, 0.5) is 0 Å². The van der Waals surface area contributed by atoms with E-state index in [1.165, 1.54) is 0 Å². The third-order valence-corrected chi connectivity index (χ3v) is 3.09. The van der Waals surface area contributed by atoms with Gasteiger partial charge in [0.05, 0.1) is 11.1 Å². The smallest absolute Gasteiger partial charge is 0.138 e. The number of aliphatic hydroxyl groups excluding tert-OH is 1. The van der Waals surface area contributed by atoms with E-state index < -0.39 is 6.10 Å². The first-order valence-corrected chi connectivity index (χ1v) is 6.83. The summed E-state index contributed by atoms with van der Waals surface area (Å²) >= 11 is 6.09. The molecule has 0 aliphatic carbocycles. The lowest BCUT2D eigenvalue weighted by molar-refractivity contribution is 0.198. The highest BCUT2D eigenvalue weighted by Gasteiger charge is 2.06. The molecule has 2 aromatic rings. The summed E-state index contributed by atoms with van der Waals surface area (Å²) in [6, 6.07) is 14.8. The molecule has 3 nitrogen and oxygen atoms in total. The van der Waals surface area contributed by atoms with Gasteiger partial charge in [0.25, 0.3) is 0 Å². The SMILES string of the molecule is CC(O)c1ccc(OCCOc2ccccc2)c(Cl)c1. The number of rotatable bonds is 6. The van der Waals surface area contributed by atoms with Gasteiger partial charge in [0.1, 0.15) is 24.7 Å². The zero-order valence-electron chi connectivity index (χ0n) is 11.3. The van der Waals surface area contributed by atoms with Crippen LogP contribution in [0.5, 0.6) is 11.5 Å². The predicted octanol–water partition coefficient (Wildman–Crippen LogP) is 3.85. The van der Waals surface area contributed by atoms with Gasteiger partial charge in [-0.1, -0.05) is 35.9 Å². The highest BCUT2D eigenvalue weighted by atomic mass is 35.5. The van der Waals surface area contributed by atoms with E-state index in [2.05, 4.69) is 0 Å². The van der Waals surface area contributed by atoms with E-state index >= 15 is 0 Å². The van der Waals surface area contributed by atoms with Gasteiger partial charge in [-0.05, 0) is 36.8 Å². The van der Waals surface area contributed by atoms with Crippen molar-refractivity contribution in [1.29, 1.82) is 0 Å². The Morgan fingerprint density at radius 1 is 1.05 bits per heavy atom. The predicted molar refractivity (Wildman–Crippen MR) is 79.5 cm³/mol. The Morgan fingerprint density at radius 3 is 2.40 bits per heavy atom. The van der Waals surface area contributed by atoms with Crippen LogP contribution in [0.15, 0.2) is 48.5 Å². The van der Waals surface area contributed by atoms with E-state index in [1.54, 1.807) is 25.1 Å². The first-order chi connectivity index (χ1) is 9.66. The summed E-state index contributed by atoms with van der Waals surface area (Å²) in [6.45, 7) is 2.54. The summed E-state index contributed by atoms with van der Waals surface area (Å²) in [4.78, 5) is 0. The van der Waals surface area contributed by atoms with Crippen molar-refractivity contribution in [3.8, 4) is 11.5 Å². The number of hydrogen-bond donors (Lipinski definition) is 1. The zero-order chi connectivity index (χ0) is 14.4. The zero-order valence-corrected chi connectivity index (χ0v) is 12.0. The number of benzene rings is 2. The number of para-hydroxylation sites is 1. The van der Waals surface area contributed by atoms with E-state index in [9.17, 15) is 5.11 Å². The average Bonchev–Trinajstić information content (AvgIpc) is 2.46. The van der Waals surface area contributed by atoms with Gasteiger partial charge in [0.2, 0.25) is 0 Å². The normalized spacial score (nSPS) is 11.9. The van der Waals surface area contributed by atoms with Crippen LogP contribution in [0.3, 0.4) is 0 Å². The Morgan fingerprint density at radius 2 is 1.75 bits per heavy atom. The molecule has 0 amide bonds. The summed E-state index contributed by atoms with van der Waals surface area (Å²) in [5.41, 5.74) is 0.767. The van der Waals surface area contributed by atoms with Crippen LogP contribution in [0.2, 0.25) is 5.02 Å². The molecule has 106 valence electrons. The standard InChI is InChI=1S/C16H17ClO3/c1-12(18)13-7-8-16(15(17)11-13)20-10-9-19-14-5-3-2-4-6-14/h2-8,11-12,18H,9-10H2,1H3. The van der Waals surface area contributed by atoms with Crippen LogP contribution in [-0.2, 0) is 0 Å². The fourth-order valence-corrected chi connectivity index (χ4v) is 1.97. The van der Waals surface area contributed by atoms with Crippen LogP contribution >= 0.6 is 11.6 Å². The third-order valence-electron chi connectivity index (χ3n) is 2.79. The fraction of sp³-hybridized carbons (Fsp3) is 0.250. The molecule has 0 radical (unpaired) electrons. The molecule has 0 aliphatic rings. The molecule has 0 bridgehead atoms. The van der Waals surface area contributed by atoms with E-state index in [1.807, 2.05) is 30.3 Å². The van der Waals surface area contributed by atoms with Gasteiger partial charge in [-0.2, -0.15) is 0 Å². The van der Waals surface area contributed by atoms with Crippen molar-refractivity contribution in [2.45, 2.75) is 13.0 Å². The minimum absolute atomic E-state index is 0.405. The summed E-state index contributed by atoms with van der Waals surface area (Å²) in [6.07, 6.45) is -0.539. The summed E-state index contributed by atoms with van der Waals surface area (Å²) in [5.74, 6) is 1.40. The molecule has 2 aromatic carbocycles. The molecule has 0 fully saturated rings. The Balaban J connectivity index is 1.82. The molecule has 20 heavy (non-hydrogen) atoms. The van der Waals surface area contributed by atoms with E-state index in [-0.39, 0.29) is 0 Å². The van der Waals surface area contributed by atoms with Crippen LogP contribution in [-0.4, -0.2) is 18.3 Å². The molecular weight excluding hydrogens is 276 g/mol. The lowest BCUT2D eigenvalue weighted by Crippen LogP contribution is -2.09. The quantitative estimate of drug-likeness (QED) is 0.822. The molecule has 0 saturated heterocycles. The second-order valence-corrected chi connectivity index (χ2v) is 4.78. The van der Waals surface area contributed by atoms with Crippen molar-refractivity contribution < 1.29 is 14.6 Å².